The van der Waals surface area contributed by atoms with Crippen LogP contribution in [0.5, 0.6) is 34.5 Å². The van der Waals surface area contributed by atoms with Crippen molar-refractivity contribution in [2.75, 3.05) is 34.5 Å². The van der Waals surface area contributed by atoms with Gasteiger partial charge in [-0.15, -0.1) is 0 Å². The molecule has 0 amide bonds. The first-order chi connectivity index (χ1) is 19.2. The third-order valence-electron chi connectivity index (χ3n) is 7.42. The van der Waals surface area contributed by atoms with Crippen molar-refractivity contribution in [2.45, 2.75) is 24.9 Å². The Morgan fingerprint density at radius 3 is 2.12 bits per heavy atom. The number of carbonyl (C=O) groups excluding carboxylic acids is 1. The summed E-state index contributed by atoms with van der Waals surface area (Å²) in [5.41, 5.74) is 2.16. The zero-order valence-electron chi connectivity index (χ0n) is 22.5. The topological polar surface area (TPSA) is 155 Å². The van der Waals surface area contributed by atoms with E-state index in [9.17, 15) is 30.3 Å². The number of aliphatic hydroxyl groups excluding tert-OH is 2. The lowest BCUT2D eigenvalue weighted by Crippen LogP contribution is -2.21. The fourth-order valence-corrected chi connectivity index (χ4v) is 5.19. The van der Waals surface area contributed by atoms with Gasteiger partial charge in [0, 0.05) is 17.4 Å². The Morgan fingerprint density at radius 1 is 0.850 bits per heavy atom. The second-order valence-corrected chi connectivity index (χ2v) is 9.81. The predicted molar refractivity (Wildman–Crippen MR) is 144 cm³/mol. The molecule has 3 aromatic rings. The van der Waals surface area contributed by atoms with Gasteiger partial charge in [-0.2, -0.15) is 0 Å². The number of cyclic esters (lactones) is 1. The number of methoxy groups -OCH3 is 3. The molecule has 10 heteroatoms. The van der Waals surface area contributed by atoms with Gasteiger partial charge >= 0.3 is 5.97 Å². The molecular formula is C30H34O10. The largest absolute Gasteiger partial charge is 0.504 e. The SMILES string of the molecule is COc1cc(C[C@H]2C(=O)OC[C@H]2Cc2cc(OC)c(O)c([C@H](CO)[C@H](O)c3ccc(O)c(OC)c3)c2)ccc1O. The van der Waals surface area contributed by atoms with Gasteiger partial charge in [-0.05, 0) is 59.9 Å². The zero-order valence-corrected chi connectivity index (χ0v) is 22.5. The second kappa shape index (κ2) is 12.4. The van der Waals surface area contributed by atoms with Gasteiger partial charge in [-0.1, -0.05) is 18.2 Å². The van der Waals surface area contributed by atoms with Crippen LogP contribution in [-0.2, 0) is 22.4 Å². The lowest BCUT2D eigenvalue weighted by Gasteiger charge is -2.25. The number of ether oxygens (including phenoxy) is 4. The van der Waals surface area contributed by atoms with E-state index in [-0.39, 0.29) is 52.8 Å². The normalized spacial score (nSPS) is 18.2. The van der Waals surface area contributed by atoms with Crippen LogP contribution in [0.2, 0.25) is 0 Å². The van der Waals surface area contributed by atoms with Crippen LogP contribution in [-0.4, -0.2) is 66.0 Å². The molecule has 10 nitrogen and oxygen atoms in total. The van der Waals surface area contributed by atoms with Crippen LogP contribution in [0.4, 0.5) is 0 Å². The van der Waals surface area contributed by atoms with Crippen LogP contribution in [0.1, 0.15) is 34.3 Å². The van der Waals surface area contributed by atoms with E-state index in [2.05, 4.69) is 0 Å². The summed E-state index contributed by atoms with van der Waals surface area (Å²) in [6.45, 7) is -0.294. The first-order valence-corrected chi connectivity index (χ1v) is 12.8. The quantitative estimate of drug-likeness (QED) is 0.223. The molecule has 0 spiro atoms. The number of carbonyl (C=O) groups is 1. The second-order valence-electron chi connectivity index (χ2n) is 9.81. The highest BCUT2D eigenvalue weighted by atomic mass is 16.5. The van der Waals surface area contributed by atoms with Crippen molar-refractivity contribution >= 4 is 5.97 Å². The van der Waals surface area contributed by atoms with E-state index in [1.807, 2.05) is 0 Å². The van der Waals surface area contributed by atoms with Gasteiger partial charge in [0.05, 0.1) is 46.6 Å². The summed E-state index contributed by atoms with van der Waals surface area (Å²) in [5, 5.41) is 52.2. The van der Waals surface area contributed by atoms with Gasteiger partial charge in [-0.25, -0.2) is 0 Å². The molecule has 4 rings (SSSR count). The van der Waals surface area contributed by atoms with Gasteiger partial charge < -0.3 is 44.5 Å². The Morgan fingerprint density at radius 2 is 1.48 bits per heavy atom. The highest BCUT2D eigenvalue weighted by Gasteiger charge is 2.37. The smallest absolute Gasteiger partial charge is 0.309 e. The van der Waals surface area contributed by atoms with Gasteiger partial charge in [0.15, 0.2) is 34.5 Å². The van der Waals surface area contributed by atoms with Crippen molar-refractivity contribution in [1.82, 2.24) is 0 Å². The fraction of sp³-hybridized carbons (Fsp3) is 0.367. The molecule has 0 saturated carbocycles. The standard InChI is InChI=1S/C30H34O10/c1-37-25-11-16(4-6-23(25)32)9-20-19(15-40-30(20)36)8-17-10-21(29(35)27(12-17)39-3)22(14-31)28(34)18-5-7-24(33)26(13-18)38-2/h4-7,10-13,19-20,22,28,31-35H,8-9,14-15H2,1-3H3/t19-,20-,22+,28-/m1/s1. The highest BCUT2D eigenvalue weighted by molar-refractivity contribution is 5.75. The number of rotatable bonds is 11. The predicted octanol–water partition coefficient (Wildman–Crippen LogP) is 3.21. The third-order valence-corrected chi connectivity index (χ3v) is 7.42. The van der Waals surface area contributed by atoms with Gasteiger partial charge in [0.25, 0.3) is 0 Å². The van der Waals surface area contributed by atoms with Crippen LogP contribution >= 0.6 is 0 Å². The first kappa shape index (κ1) is 28.8. The molecule has 214 valence electrons. The Hall–Kier alpha value is -4.15. The fourth-order valence-electron chi connectivity index (χ4n) is 5.19. The lowest BCUT2D eigenvalue weighted by molar-refractivity contribution is -0.141. The van der Waals surface area contributed by atoms with Crippen LogP contribution in [0.25, 0.3) is 0 Å². The number of hydrogen-bond donors (Lipinski definition) is 5. The maximum Gasteiger partial charge on any atom is 0.309 e. The minimum absolute atomic E-state index is 0.00638. The Balaban J connectivity index is 1.63. The first-order valence-electron chi connectivity index (χ1n) is 12.8. The number of phenolic OH excluding ortho intramolecular Hbond substituents is 3. The van der Waals surface area contributed by atoms with E-state index < -0.39 is 24.5 Å². The molecule has 0 unspecified atom stereocenters. The molecule has 0 aliphatic carbocycles. The molecule has 1 heterocycles. The number of aliphatic hydroxyl groups is 2. The van der Waals surface area contributed by atoms with Crippen molar-refractivity contribution in [3.8, 4) is 34.5 Å². The maximum absolute atomic E-state index is 12.7. The summed E-state index contributed by atoms with van der Waals surface area (Å²) in [5.74, 6) is -1.61. The minimum Gasteiger partial charge on any atom is -0.504 e. The van der Waals surface area contributed by atoms with Crippen LogP contribution in [0.3, 0.4) is 0 Å². The van der Waals surface area contributed by atoms with E-state index >= 15 is 0 Å². The van der Waals surface area contributed by atoms with E-state index in [4.69, 9.17) is 18.9 Å². The third kappa shape index (κ3) is 5.88. The van der Waals surface area contributed by atoms with Crippen LogP contribution < -0.4 is 14.2 Å². The number of hydrogen-bond acceptors (Lipinski definition) is 10. The number of phenols is 3. The number of benzene rings is 3. The average Bonchev–Trinajstić information content (AvgIpc) is 3.29. The highest BCUT2D eigenvalue weighted by Crippen LogP contribution is 2.43. The van der Waals surface area contributed by atoms with Crippen LogP contribution in [0.15, 0.2) is 48.5 Å². The maximum atomic E-state index is 12.7. The van der Waals surface area contributed by atoms with Gasteiger partial charge in [0.1, 0.15) is 0 Å². The summed E-state index contributed by atoms with van der Waals surface area (Å²) >= 11 is 0. The Kier molecular flexibility index (Phi) is 8.91. The molecule has 5 N–H and O–H groups in total. The molecule has 0 bridgehead atoms. The molecule has 1 fully saturated rings. The summed E-state index contributed by atoms with van der Waals surface area (Å²) in [6, 6.07) is 12.6. The number of esters is 1. The summed E-state index contributed by atoms with van der Waals surface area (Å²) in [4.78, 5) is 12.7. The van der Waals surface area contributed by atoms with Gasteiger partial charge in [0.2, 0.25) is 0 Å². The minimum atomic E-state index is -1.25. The van der Waals surface area contributed by atoms with Crippen molar-refractivity contribution in [3.05, 3.63) is 70.8 Å². The molecule has 40 heavy (non-hydrogen) atoms. The van der Waals surface area contributed by atoms with Gasteiger partial charge in [-0.3, -0.25) is 4.79 Å². The molecule has 4 atom stereocenters. The summed E-state index contributed by atoms with van der Waals surface area (Å²) in [7, 11) is 4.24. The average molecular weight is 555 g/mol. The molecule has 1 aliphatic rings. The molecule has 1 aliphatic heterocycles. The molecular weight excluding hydrogens is 520 g/mol. The molecule has 0 radical (unpaired) electrons. The van der Waals surface area contributed by atoms with E-state index in [1.165, 1.54) is 45.6 Å². The molecule has 3 aromatic carbocycles. The number of aromatic hydroxyl groups is 3. The van der Waals surface area contributed by atoms with E-state index in [0.717, 1.165) is 11.1 Å². The van der Waals surface area contributed by atoms with Crippen molar-refractivity contribution in [2.24, 2.45) is 11.8 Å². The molecule has 0 aromatic heterocycles. The zero-order chi connectivity index (χ0) is 29.0. The Bertz CT molecular complexity index is 1350. The monoisotopic (exact) mass is 554 g/mol. The van der Waals surface area contributed by atoms with Crippen molar-refractivity contribution in [1.29, 1.82) is 0 Å². The van der Waals surface area contributed by atoms with E-state index in [1.54, 1.807) is 24.3 Å². The van der Waals surface area contributed by atoms with Crippen molar-refractivity contribution in [3.63, 3.8) is 0 Å². The lowest BCUT2D eigenvalue weighted by atomic mass is 9.83. The Labute approximate surface area is 232 Å². The molecule has 1 saturated heterocycles. The summed E-state index contributed by atoms with van der Waals surface area (Å²) in [6.07, 6.45) is -0.474. The summed E-state index contributed by atoms with van der Waals surface area (Å²) < 4.78 is 21.1. The van der Waals surface area contributed by atoms with Crippen molar-refractivity contribution < 1.29 is 49.3 Å². The van der Waals surface area contributed by atoms with E-state index in [0.29, 0.717) is 24.2 Å². The van der Waals surface area contributed by atoms with Crippen LogP contribution in [0, 0.1) is 11.8 Å².